The molecular weight excluding hydrogens is 396 g/mol. The summed E-state index contributed by atoms with van der Waals surface area (Å²) in [6.07, 6.45) is 3.13. The Morgan fingerprint density at radius 3 is 2.72 bits per heavy atom. The zero-order chi connectivity index (χ0) is 20.1. The van der Waals surface area contributed by atoms with Crippen molar-refractivity contribution in [2.45, 2.75) is 17.3 Å². The lowest BCUT2D eigenvalue weighted by Gasteiger charge is -2.09. The second-order valence-electron chi connectivity index (χ2n) is 5.97. The summed E-state index contributed by atoms with van der Waals surface area (Å²) in [5.41, 5.74) is 1.07. The van der Waals surface area contributed by atoms with Crippen LogP contribution in [0.3, 0.4) is 0 Å². The fourth-order valence-electron chi connectivity index (χ4n) is 2.56. The summed E-state index contributed by atoms with van der Waals surface area (Å²) >= 11 is 1.35. The molecule has 0 radical (unpaired) electrons. The van der Waals surface area contributed by atoms with Gasteiger partial charge in [-0.1, -0.05) is 47.3 Å². The van der Waals surface area contributed by atoms with E-state index in [0.29, 0.717) is 39.4 Å². The SMILES string of the molecule is Fc1cccc(-c2noc(CSc3nccnc3NCc3ccccc3F)n2)c1. The quantitative estimate of drug-likeness (QED) is 0.441. The van der Waals surface area contributed by atoms with Crippen LogP contribution in [0.5, 0.6) is 0 Å². The van der Waals surface area contributed by atoms with Gasteiger partial charge in [0, 0.05) is 30.1 Å². The monoisotopic (exact) mass is 411 g/mol. The van der Waals surface area contributed by atoms with Crippen molar-refractivity contribution in [1.29, 1.82) is 0 Å². The Bertz CT molecular complexity index is 1120. The van der Waals surface area contributed by atoms with Gasteiger partial charge in [-0.15, -0.1) is 0 Å². The number of nitrogens with zero attached hydrogens (tertiary/aromatic N) is 4. The molecule has 0 amide bonds. The van der Waals surface area contributed by atoms with E-state index in [2.05, 4.69) is 25.4 Å². The van der Waals surface area contributed by atoms with E-state index < -0.39 is 0 Å². The van der Waals surface area contributed by atoms with E-state index in [1.165, 1.54) is 30.0 Å². The number of nitrogens with one attached hydrogen (secondary N) is 1. The number of thioether (sulfide) groups is 1. The molecule has 2 heterocycles. The van der Waals surface area contributed by atoms with Gasteiger partial charge in [-0.2, -0.15) is 4.98 Å². The Balaban J connectivity index is 1.42. The van der Waals surface area contributed by atoms with E-state index in [0.717, 1.165) is 0 Å². The van der Waals surface area contributed by atoms with Crippen molar-refractivity contribution < 1.29 is 13.3 Å². The first-order chi connectivity index (χ1) is 14.2. The third-order valence-corrected chi connectivity index (χ3v) is 4.92. The molecule has 0 atom stereocenters. The Labute approximate surface area is 169 Å². The molecule has 0 aliphatic heterocycles. The lowest BCUT2D eigenvalue weighted by Crippen LogP contribution is -2.05. The van der Waals surface area contributed by atoms with Gasteiger partial charge >= 0.3 is 0 Å². The number of aromatic nitrogens is 4. The van der Waals surface area contributed by atoms with Crippen LogP contribution >= 0.6 is 11.8 Å². The molecule has 4 aromatic rings. The van der Waals surface area contributed by atoms with Crippen LogP contribution in [0.25, 0.3) is 11.4 Å². The Morgan fingerprint density at radius 2 is 1.86 bits per heavy atom. The van der Waals surface area contributed by atoms with Crippen LogP contribution in [0.1, 0.15) is 11.5 Å². The zero-order valence-corrected chi connectivity index (χ0v) is 15.9. The Morgan fingerprint density at radius 1 is 1.00 bits per heavy atom. The van der Waals surface area contributed by atoms with E-state index in [9.17, 15) is 8.78 Å². The van der Waals surface area contributed by atoms with Crippen molar-refractivity contribution in [1.82, 2.24) is 20.1 Å². The molecule has 0 spiro atoms. The van der Waals surface area contributed by atoms with Crippen molar-refractivity contribution in [3.05, 3.63) is 84.0 Å². The molecule has 146 valence electrons. The molecule has 0 bridgehead atoms. The van der Waals surface area contributed by atoms with Crippen molar-refractivity contribution in [2.75, 3.05) is 5.32 Å². The third-order valence-electron chi connectivity index (χ3n) is 3.95. The summed E-state index contributed by atoms with van der Waals surface area (Å²) in [6, 6.07) is 12.5. The smallest absolute Gasteiger partial charge is 0.237 e. The standard InChI is InChI=1S/C20H15F2N5OS/c21-15-6-3-5-13(10-15)18-26-17(28-27-18)12-29-20-19(23-8-9-24-20)25-11-14-4-1-2-7-16(14)22/h1-10H,11-12H2,(H,23,25). The van der Waals surface area contributed by atoms with Gasteiger partial charge in [0.25, 0.3) is 0 Å². The van der Waals surface area contributed by atoms with Gasteiger partial charge < -0.3 is 9.84 Å². The van der Waals surface area contributed by atoms with Gasteiger partial charge in [-0.3, -0.25) is 0 Å². The largest absolute Gasteiger partial charge is 0.364 e. The molecule has 9 heteroatoms. The van der Waals surface area contributed by atoms with E-state index in [4.69, 9.17) is 4.52 Å². The van der Waals surface area contributed by atoms with Gasteiger partial charge in [0.1, 0.15) is 16.7 Å². The summed E-state index contributed by atoms with van der Waals surface area (Å²) in [4.78, 5) is 12.9. The van der Waals surface area contributed by atoms with Crippen molar-refractivity contribution in [3.8, 4) is 11.4 Å². The molecule has 2 aromatic heterocycles. The van der Waals surface area contributed by atoms with Crippen LogP contribution < -0.4 is 5.32 Å². The molecule has 0 saturated heterocycles. The minimum absolute atomic E-state index is 0.281. The average molecular weight is 411 g/mol. The summed E-state index contributed by atoms with van der Waals surface area (Å²) in [5.74, 6) is 0.931. The summed E-state index contributed by atoms with van der Waals surface area (Å²) in [5, 5.41) is 7.61. The summed E-state index contributed by atoms with van der Waals surface area (Å²) in [6.45, 7) is 0.281. The highest BCUT2D eigenvalue weighted by molar-refractivity contribution is 7.98. The normalized spacial score (nSPS) is 10.8. The van der Waals surface area contributed by atoms with E-state index in [-0.39, 0.29) is 18.2 Å². The van der Waals surface area contributed by atoms with Gasteiger partial charge in [0.2, 0.25) is 11.7 Å². The molecule has 0 aliphatic carbocycles. The Kier molecular flexibility index (Phi) is 5.76. The molecule has 1 N–H and O–H groups in total. The lowest BCUT2D eigenvalue weighted by atomic mass is 10.2. The first kappa shape index (κ1) is 19.0. The first-order valence-electron chi connectivity index (χ1n) is 8.68. The number of anilines is 1. The third kappa shape index (κ3) is 4.75. The number of rotatable bonds is 7. The molecule has 0 saturated carbocycles. The fourth-order valence-corrected chi connectivity index (χ4v) is 3.34. The van der Waals surface area contributed by atoms with Crippen LogP contribution in [0, 0.1) is 11.6 Å². The van der Waals surface area contributed by atoms with Crippen molar-refractivity contribution in [2.24, 2.45) is 0 Å². The highest BCUT2D eigenvalue weighted by Crippen LogP contribution is 2.27. The van der Waals surface area contributed by atoms with Crippen LogP contribution in [0.15, 0.2) is 70.5 Å². The zero-order valence-electron chi connectivity index (χ0n) is 15.0. The maximum absolute atomic E-state index is 13.8. The van der Waals surface area contributed by atoms with Gasteiger partial charge in [0.05, 0.1) is 5.75 Å². The second kappa shape index (κ2) is 8.78. The molecule has 0 aliphatic rings. The summed E-state index contributed by atoms with van der Waals surface area (Å²) < 4.78 is 32.4. The van der Waals surface area contributed by atoms with Crippen LogP contribution in [0.4, 0.5) is 14.6 Å². The van der Waals surface area contributed by atoms with Crippen molar-refractivity contribution in [3.63, 3.8) is 0 Å². The molecule has 29 heavy (non-hydrogen) atoms. The highest BCUT2D eigenvalue weighted by atomic mass is 32.2. The van der Waals surface area contributed by atoms with Crippen molar-refractivity contribution >= 4 is 17.6 Å². The lowest BCUT2D eigenvalue weighted by molar-refractivity contribution is 0.391. The highest BCUT2D eigenvalue weighted by Gasteiger charge is 2.12. The van der Waals surface area contributed by atoms with Gasteiger partial charge in [0.15, 0.2) is 5.82 Å². The number of hydrogen-bond donors (Lipinski definition) is 1. The molecule has 0 fully saturated rings. The van der Waals surface area contributed by atoms with E-state index >= 15 is 0 Å². The summed E-state index contributed by atoms with van der Waals surface area (Å²) in [7, 11) is 0. The molecule has 0 unspecified atom stereocenters. The molecule has 4 rings (SSSR count). The molecule has 6 nitrogen and oxygen atoms in total. The minimum Gasteiger partial charge on any atom is -0.364 e. The fraction of sp³-hybridized carbons (Fsp3) is 0.100. The van der Waals surface area contributed by atoms with Crippen LogP contribution in [-0.4, -0.2) is 20.1 Å². The second-order valence-corrected chi connectivity index (χ2v) is 6.93. The average Bonchev–Trinajstić information content (AvgIpc) is 3.21. The number of benzene rings is 2. The van der Waals surface area contributed by atoms with Gasteiger partial charge in [-0.25, -0.2) is 18.7 Å². The van der Waals surface area contributed by atoms with Crippen LogP contribution in [-0.2, 0) is 12.3 Å². The maximum Gasteiger partial charge on any atom is 0.237 e. The van der Waals surface area contributed by atoms with E-state index in [1.807, 2.05) is 0 Å². The molecular formula is C20H15F2N5OS. The van der Waals surface area contributed by atoms with Crippen LogP contribution in [0.2, 0.25) is 0 Å². The molecule has 2 aromatic carbocycles. The number of halogens is 2. The predicted octanol–water partition coefficient (Wildman–Crippen LogP) is 4.71. The van der Waals surface area contributed by atoms with Gasteiger partial charge in [-0.05, 0) is 18.2 Å². The van der Waals surface area contributed by atoms with E-state index in [1.54, 1.807) is 42.7 Å². The number of hydrogen-bond acceptors (Lipinski definition) is 7. The minimum atomic E-state index is -0.367. The predicted molar refractivity (Wildman–Crippen MR) is 105 cm³/mol. The first-order valence-corrected chi connectivity index (χ1v) is 9.67. The topological polar surface area (TPSA) is 76.7 Å². The Hall–Kier alpha value is -3.33. The maximum atomic E-state index is 13.8.